The number of piperidine rings is 1. The third-order valence-electron chi connectivity index (χ3n) is 4.42. The van der Waals surface area contributed by atoms with Crippen LogP contribution in [-0.4, -0.2) is 42.4 Å². The highest BCUT2D eigenvalue weighted by Crippen LogP contribution is 2.28. The molecule has 110 valence electrons. The summed E-state index contributed by atoms with van der Waals surface area (Å²) in [6.07, 6.45) is 5.20. The number of Topliss-reactive ketones (excluding diaryl/α,β-unsaturated/α-hetero) is 1. The number of likely N-dealkylation sites (tertiary alicyclic amines) is 1. The van der Waals surface area contributed by atoms with E-state index in [1.807, 2.05) is 6.07 Å². The number of carbonyl (C=O) groups excluding carboxylic acids is 1. The minimum Gasteiger partial charge on any atom is -0.317 e. The SMILES string of the molecule is O=C(Cc1ccc(Br)s1)C1CCCN1C1CCNCC1. The third kappa shape index (κ3) is 3.32. The average molecular weight is 357 g/mol. The van der Waals surface area contributed by atoms with E-state index in [1.54, 1.807) is 11.3 Å². The first-order valence-corrected chi connectivity index (χ1v) is 9.08. The van der Waals surface area contributed by atoms with Gasteiger partial charge in [0.1, 0.15) is 0 Å². The van der Waals surface area contributed by atoms with Crippen LogP contribution in [0.1, 0.15) is 30.6 Å². The number of hydrogen-bond donors (Lipinski definition) is 1. The summed E-state index contributed by atoms with van der Waals surface area (Å²) < 4.78 is 1.11. The fraction of sp³-hybridized carbons (Fsp3) is 0.667. The monoisotopic (exact) mass is 356 g/mol. The van der Waals surface area contributed by atoms with Gasteiger partial charge in [-0.3, -0.25) is 9.69 Å². The molecule has 2 fully saturated rings. The molecule has 0 saturated carbocycles. The number of halogens is 1. The minimum absolute atomic E-state index is 0.166. The Morgan fingerprint density at radius 2 is 2.15 bits per heavy atom. The topological polar surface area (TPSA) is 32.3 Å². The van der Waals surface area contributed by atoms with Gasteiger partial charge < -0.3 is 5.32 Å². The molecule has 3 rings (SSSR count). The van der Waals surface area contributed by atoms with Gasteiger partial charge in [-0.1, -0.05) is 0 Å². The first-order chi connectivity index (χ1) is 9.74. The normalized spacial score (nSPS) is 25.1. The molecule has 3 nitrogen and oxygen atoms in total. The van der Waals surface area contributed by atoms with Crippen molar-refractivity contribution in [2.24, 2.45) is 0 Å². The van der Waals surface area contributed by atoms with Crippen molar-refractivity contribution < 1.29 is 4.79 Å². The van der Waals surface area contributed by atoms with Crippen LogP contribution in [0.4, 0.5) is 0 Å². The molecule has 1 N–H and O–H groups in total. The van der Waals surface area contributed by atoms with Gasteiger partial charge in [0.25, 0.3) is 0 Å². The lowest BCUT2D eigenvalue weighted by Gasteiger charge is -2.35. The first kappa shape index (κ1) is 14.7. The number of hydrogen-bond acceptors (Lipinski definition) is 4. The number of carbonyl (C=O) groups is 1. The van der Waals surface area contributed by atoms with Crippen LogP contribution in [0.2, 0.25) is 0 Å². The lowest BCUT2D eigenvalue weighted by molar-refractivity contribution is -0.123. The molecule has 20 heavy (non-hydrogen) atoms. The average Bonchev–Trinajstić information content (AvgIpc) is 3.09. The van der Waals surface area contributed by atoms with Crippen molar-refractivity contribution >= 4 is 33.0 Å². The van der Waals surface area contributed by atoms with Crippen LogP contribution in [0.15, 0.2) is 15.9 Å². The second-order valence-corrected chi connectivity index (χ2v) is 8.27. The van der Waals surface area contributed by atoms with E-state index in [1.165, 1.54) is 24.1 Å². The molecule has 1 aromatic rings. The molecule has 5 heteroatoms. The molecule has 0 amide bonds. The molecule has 0 aliphatic carbocycles. The first-order valence-electron chi connectivity index (χ1n) is 7.47. The molecular formula is C15H21BrN2OS. The summed E-state index contributed by atoms with van der Waals surface area (Å²) >= 11 is 5.15. The van der Waals surface area contributed by atoms with Crippen LogP contribution < -0.4 is 5.32 Å². The molecule has 2 aliphatic heterocycles. The highest BCUT2D eigenvalue weighted by molar-refractivity contribution is 9.11. The number of ketones is 1. The maximum absolute atomic E-state index is 12.6. The van der Waals surface area contributed by atoms with Crippen LogP contribution in [0.3, 0.4) is 0 Å². The maximum Gasteiger partial charge on any atom is 0.155 e. The molecule has 0 radical (unpaired) electrons. The molecule has 1 aromatic heterocycles. The zero-order chi connectivity index (χ0) is 13.9. The summed E-state index contributed by atoms with van der Waals surface area (Å²) in [6.45, 7) is 3.30. The molecule has 1 atom stereocenters. The quantitative estimate of drug-likeness (QED) is 0.900. The number of rotatable bonds is 4. The molecule has 3 heterocycles. The van der Waals surface area contributed by atoms with E-state index in [9.17, 15) is 4.79 Å². The Balaban J connectivity index is 1.63. The molecule has 2 saturated heterocycles. The molecule has 0 aromatic carbocycles. The van der Waals surface area contributed by atoms with Crippen molar-refractivity contribution in [1.82, 2.24) is 10.2 Å². The fourth-order valence-electron chi connectivity index (χ4n) is 3.45. The van der Waals surface area contributed by atoms with Gasteiger partial charge in [0.2, 0.25) is 0 Å². The van der Waals surface area contributed by atoms with E-state index in [2.05, 4.69) is 32.2 Å². The van der Waals surface area contributed by atoms with E-state index >= 15 is 0 Å². The van der Waals surface area contributed by atoms with Crippen LogP contribution in [-0.2, 0) is 11.2 Å². The maximum atomic E-state index is 12.6. The number of nitrogens with one attached hydrogen (secondary N) is 1. The number of thiophene rings is 1. The van der Waals surface area contributed by atoms with Crippen LogP contribution in [0, 0.1) is 0 Å². The Kier molecular flexibility index (Phi) is 4.91. The van der Waals surface area contributed by atoms with Crippen LogP contribution in [0.25, 0.3) is 0 Å². The fourth-order valence-corrected chi connectivity index (χ4v) is 4.94. The Labute approximate surface area is 132 Å². The van der Waals surface area contributed by atoms with Crippen molar-refractivity contribution in [2.45, 2.75) is 44.2 Å². The zero-order valence-electron chi connectivity index (χ0n) is 11.6. The van der Waals surface area contributed by atoms with Gasteiger partial charge in [-0.25, -0.2) is 0 Å². The van der Waals surface area contributed by atoms with Crippen molar-refractivity contribution in [3.05, 3.63) is 20.8 Å². The van der Waals surface area contributed by atoms with Gasteiger partial charge in [0.05, 0.1) is 9.83 Å². The predicted octanol–water partition coefficient (Wildman–Crippen LogP) is 2.84. The summed E-state index contributed by atoms with van der Waals surface area (Å²) in [7, 11) is 0. The lowest BCUT2D eigenvalue weighted by atomic mass is 10.0. The van der Waals surface area contributed by atoms with E-state index < -0.39 is 0 Å². The standard InChI is InChI=1S/C15H21BrN2OS/c16-15-4-3-12(20-15)10-14(19)13-2-1-9-18(13)11-5-7-17-8-6-11/h3-4,11,13,17H,1-2,5-10H2. The summed E-state index contributed by atoms with van der Waals surface area (Å²) in [5, 5.41) is 3.41. The van der Waals surface area contributed by atoms with E-state index in [0.717, 1.165) is 29.8 Å². The molecule has 1 unspecified atom stereocenters. The van der Waals surface area contributed by atoms with Crippen LogP contribution >= 0.6 is 27.3 Å². The summed E-state index contributed by atoms with van der Waals surface area (Å²) in [6, 6.07) is 4.88. The van der Waals surface area contributed by atoms with Crippen LogP contribution in [0.5, 0.6) is 0 Å². The Bertz CT molecular complexity index is 470. The Morgan fingerprint density at radius 1 is 1.35 bits per heavy atom. The second-order valence-electron chi connectivity index (χ2n) is 5.73. The summed E-state index contributed by atoms with van der Waals surface area (Å²) in [4.78, 5) is 16.3. The zero-order valence-corrected chi connectivity index (χ0v) is 14.0. The highest BCUT2D eigenvalue weighted by atomic mass is 79.9. The van der Waals surface area contributed by atoms with E-state index in [4.69, 9.17) is 0 Å². The van der Waals surface area contributed by atoms with Crippen molar-refractivity contribution in [3.63, 3.8) is 0 Å². The predicted molar refractivity (Wildman–Crippen MR) is 86.3 cm³/mol. The van der Waals surface area contributed by atoms with Gasteiger partial charge >= 0.3 is 0 Å². The Morgan fingerprint density at radius 3 is 2.85 bits per heavy atom. The largest absolute Gasteiger partial charge is 0.317 e. The Hall–Kier alpha value is -0.230. The van der Waals surface area contributed by atoms with Crippen molar-refractivity contribution in [2.75, 3.05) is 19.6 Å². The van der Waals surface area contributed by atoms with Crippen molar-refractivity contribution in [3.8, 4) is 0 Å². The van der Waals surface area contributed by atoms with Gasteiger partial charge in [-0.05, 0) is 73.4 Å². The molecule has 0 bridgehead atoms. The number of nitrogens with zero attached hydrogens (tertiary/aromatic N) is 1. The summed E-state index contributed by atoms with van der Waals surface area (Å²) in [5.74, 6) is 0.412. The van der Waals surface area contributed by atoms with Gasteiger partial charge in [-0.2, -0.15) is 0 Å². The second kappa shape index (κ2) is 6.69. The van der Waals surface area contributed by atoms with Crippen molar-refractivity contribution in [1.29, 1.82) is 0 Å². The van der Waals surface area contributed by atoms with E-state index in [0.29, 0.717) is 18.2 Å². The molecule has 0 spiro atoms. The van der Waals surface area contributed by atoms with E-state index in [-0.39, 0.29) is 6.04 Å². The lowest BCUT2D eigenvalue weighted by Crippen LogP contribution is -2.48. The van der Waals surface area contributed by atoms with Gasteiger partial charge in [-0.15, -0.1) is 11.3 Å². The summed E-state index contributed by atoms with van der Waals surface area (Å²) in [5.41, 5.74) is 0. The highest BCUT2D eigenvalue weighted by Gasteiger charge is 2.35. The van der Waals surface area contributed by atoms with Gasteiger partial charge in [0, 0.05) is 17.3 Å². The molecule has 2 aliphatic rings. The molecular weight excluding hydrogens is 336 g/mol. The minimum atomic E-state index is 0.166. The smallest absolute Gasteiger partial charge is 0.155 e. The third-order valence-corrected chi connectivity index (χ3v) is 6.04. The van der Waals surface area contributed by atoms with Gasteiger partial charge in [0.15, 0.2) is 5.78 Å².